The van der Waals surface area contributed by atoms with Crippen LogP contribution in [0.5, 0.6) is 11.5 Å². The SMILES string of the molecule is COc1ccc(S(=O)(=O)N(CC(=O)N(Cc2ccccc2Cl)[C@H](Cc2ccccc2)C(=O)NCC(C)C)c2ccc(Cl)cc2)cc1OC. The number of sulfonamides is 1. The molecule has 12 heteroatoms. The molecular formula is C36H39Cl2N3O6S. The first-order chi connectivity index (χ1) is 22.9. The summed E-state index contributed by atoms with van der Waals surface area (Å²) in [6, 6.07) is 25.7. The van der Waals surface area contributed by atoms with Gasteiger partial charge in [-0.05, 0) is 59.5 Å². The molecule has 4 aromatic carbocycles. The summed E-state index contributed by atoms with van der Waals surface area (Å²) in [6.45, 7) is 3.66. The molecule has 0 unspecified atom stereocenters. The number of hydrogen-bond acceptors (Lipinski definition) is 6. The molecule has 0 aromatic heterocycles. The van der Waals surface area contributed by atoms with Gasteiger partial charge in [-0.25, -0.2) is 8.42 Å². The van der Waals surface area contributed by atoms with Gasteiger partial charge in [0, 0.05) is 35.6 Å². The van der Waals surface area contributed by atoms with Crippen molar-refractivity contribution >= 4 is 50.7 Å². The average Bonchev–Trinajstić information content (AvgIpc) is 3.08. The zero-order chi connectivity index (χ0) is 34.8. The van der Waals surface area contributed by atoms with Crippen LogP contribution in [-0.4, -0.2) is 58.5 Å². The van der Waals surface area contributed by atoms with Crippen molar-refractivity contribution in [3.63, 3.8) is 0 Å². The van der Waals surface area contributed by atoms with Crippen molar-refractivity contribution in [3.05, 3.63) is 118 Å². The summed E-state index contributed by atoms with van der Waals surface area (Å²) in [6.07, 6.45) is 0.185. The standard InChI is InChI=1S/C36H39Cl2N3O6S/c1-25(2)22-39-36(43)32(20-26-10-6-5-7-11-26)40(23-27-12-8-9-13-31(27)38)35(42)24-41(29-16-14-28(37)15-17-29)48(44,45)30-18-19-33(46-3)34(21-30)47-4/h5-19,21,25,32H,20,22-24H2,1-4H3,(H,39,43)/t32-/m1/s1. The van der Waals surface area contributed by atoms with E-state index in [1.807, 2.05) is 44.2 Å². The number of hydrogen-bond donors (Lipinski definition) is 1. The summed E-state index contributed by atoms with van der Waals surface area (Å²) in [5.74, 6) is -0.284. The lowest BCUT2D eigenvalue weighted by Crippen LogP contribution is -2.53. The predicted molar refractivity (Wildman–Crippen MR) is 189 cm³/mol. The molecule has 1 N–H and O–H groups in total. The first-order valence-corrected chi connectivity index (χ1v) is 17.5. The third-order valence-electron chi connectivity index (χ3n) is 7.59. The zero-order valence-electron chi connectivity index (χ0n) is 27.2. The van der Waals surface area contributed by atoms with E-state index in [0.29, 0.717) is 27.9 Å². The lowest BCUT2D eigenvalue weighted by Gasteiger charge is -2.34. The fourth-order valence-electron chi connectivity index (χ4n) is 5.03. The molecule has 4 rings (SSSR count). The summed E-state index contributed by atoms with van der Waals surface area (Å²) in [5, 5.41) is 3.76. The number of carbonyl (C=O) groups is 2. The van der Waals surface area contributed by atoms with Gasteiger partial charge in [0.25, 0.3) is 10.0 Å². The second-order valence-electron chi connectivity index (χ2n) is 11.5. The Bertz CT molecular complexity index is 1800. The number of anilines is 1. The Hall–Kier alpha value is -4.25. The number of nitrogens with zero attached hydrogens (tertiary/aromatic N) is 2. The van der Waals surface area contributed by atoms with Gasteiger partial charge in [-0.3, -0.25) is 13.9 Å². The zero-order valence-corrected chi connectivity index (χ0v) is 29.6. The molecule has 0 fully saturated rings. The number of amides is 2. The number of ether oxygens (including phenoxy) is 2. The first kappa shape index (κ1) is 36.6. The lowest BCUT2D eigenvalue weighted by atomic mass is 10.0. The topological polar surface area (TPSA) is 105 Å². The van der Waals surface area contributed by atoms with Crippen molar-refractivity contribution in [1.82, 2.24) is 10.2 Å². The second-order valence-corrected chi connectivity index (χ2v) is 14.2. The number of halogens is 2. The summed E-state index contributed by atoms with van der Waals surface area (Å²) in [7, 11) is -1.53. The van der Waals surface area contributed by atoms with Gasteiger partial charge in [-0.1, -0.05) is 85.6 Å². The lowest BCUT2D eigenvalue weighted by molar-refractivity contribution is -0.140. The normalized spacial score (nSPS) is 11.9. The van der Waals surface area contributed by atoms with Gasteiger partial charge >= 0.3 is 0 Å². The quantitative estimate of drug-likeness (QED) is 0.149. The van der Waals surface area contributed by atoms with Crippen LogP contribution in [0.3, 0.4) is 0 Å². The Morgan fingerprint density at radius 1 is 0.833 bits per heavy atom. The number of nitrogens with one attached hydrogen (secondary N) is 1. The minimum Gasteiger partial charge on any atom is -0.493 e. The van der Waals surface area contributed by atoms with E-state index >= 15 is 0 Å². The summed E-state index contributed by atoms with van der Waals surface area (Å²) < 4.78 is 40.4. The molecule has 4 aromatic rings. The van der Waals surface area contributed by atoms with E-state index < -0.39 is 28.5 Å². The smallest absolute Gasteiger partial charge is 0.264 e. The van der Waals surface area contributed by atoms with Gasteiger partial charge in [0.05, 0.1) is 24.8 Å². The maximum absolute atomic E-state index is 14.6. The van der Waals surface area contributed by atoms with E-state index in [9.17, 15) is 18.0 Å². The Kier molecular flexibility index (Phi) is 12.7. The molecule has 0 saturated carbocycles. The highest BCUT2D eigenvalue weighted by molar-refractivity contribution is 7.92. The molecule has 9 nitrogen and oxygen atoms in total. The number of rotatable bonds is 15. The van der Waals surface area contributed by atoms with Crippen LogP contribution in [0.4, 0.5) is 5.69 Å². The van der Waals surface area contributed by atoms with Crippen molar-refractivity contribution < 1.29 is 27.5 Å². The molecule has 0 saturated heterocycles. The number of benzene rings is 4. The third kappa shape index (κ3) is 9.21. The van der Waals surface area contributed by atoms with Crippen LogP contribution in [0.25, 0.3) is 0 Å². The van der Waals surface area contributed by atoms with Gasteiger partial charge in [0.2, 0.25) is 11.8 Å². The maximum Gasteiger partial charge on any atom is 0.264 e. The van der Waals surface area contributed by atoms with Crippen molar-refractivity contribution in [2.24, 2.45) is 5.92 Å². The summed E-state index contributed by atoms with van der Waals surface area (Å²) in [4.78, 5) is 29.8. The van der Waals surface area contributed by atoms with E-state index in [1.54, 1.807) is 24.3 Å². The van der Waals surface area contributed by atoms with Crippen molar-refractivity contribution in [2.75, 3.05) is 31.6 Å². The molecule has 0 heterocycles. The van der Waals surface area contributed by atoms with Gasteiger partial charge < -0.3 is 19.7 Å². The van der Waals surface area contributed by atoms with E-state index in [0.717, 1.165) is 9.87 Å². The highest BCUT2D eigenvalue weighted by Crippen LogP contribution is 2.33. The fraction of sp³-hybridized carbons (Fsp3) is 0.278. The number of carbonyl (C=O) groups excluding carboxylic acids is 2. The third-order valence-corrected chi connectivity index (χ3v) is 9.98. The monoisotopic (exact) mass is 711 g/mol. The van der Waals surface area contributed by atoms with Crippen LogP contribution in [0.1, 0.15) is 25.0 Å². The Morgan fingerprint density at radius 3 is 2.10 bits per heavy atom. The predicted octanol–water partition coefficient (Wildman–Crippen LogP) is 6.62. The Balaban J connectivity index is 1.83. The fourth-order valence-corrected chi connectivity index (χ4v) is 6.78. The van der Waals surface area contributed by atoms with Gasteiger partial charge in [0.15, 0.2) is 11.5 Å². The minimum absolute atomic E-state index is 0.0457. The van der Waals surface area contributed by atoms with E-state index in [4.69, 9.17) is 32.7 Å². The minimum atomic E-state index is -4.38. The van der Waals surface area contributed by atoms with E-state index in [2.05, 4.69) is 5.32 Å². The van der Waals surface area contributed by atoms with Crippen LogP contribution in [0.2, 0.25) is 10.0 Å². The van der Waals surface area contributed by atoms with Gasteiger partial charge in [-0.2, -0.15) is 0 Å². The van der Waals surface area contributed by atoms with E-state index in [-0.39, 0.29) is 41.1 Å². The van der Waals surface area contributed by atoms with Crippen LogP contribution in [0, 0.1) is 5.92 Å². The molecule has 48 heavy (non-hydrogen) atoms. The van der Waals surface area contributed by atoms with Gasteiger partial charge in [-0.15, -0.1) is 0 Å². The average molecular weight is 713 g/mol. The highest BCUT2D eigenvalue weighted by atomic mass is 35.5. The molecule has 0 spiro atoms. The van der Waals surface area contributed by atoms with Crippen molar-refractivity contribution in [2.45, 2.75) is 37.8 Å². The first-order valence-electron chi connectivity index (χ1n) is 15.3. The molecule has 0 aliphatic rings. The molecule has 254 valence electrons. The summed E-state index contributed by atoms with van der Waals surface area (Å²) >= 11 is 12.7. The molecule has 0 radical (unpaired) electrons. The molecular weight excluding hydrogens is 673 g/mol. The molecule has 0 aliphatic heterocycles. The second kappa shape index (κ2) is 16.7. The number of methoxy groups -OCH3 is 2. The Labute approximate surface area is 292 Å². The molecule has 0 bridgehead atoms. The largest absolute Gasteiger partial charge is 0.493 e. The Morgan fingerprint density at radius 2 is 1.48 bits per heavy atom. The summed E-state index contributed by atoms with van der Waals surface area (Å²) in [5.41, 5.74) is 1.62. The van der Waals surface area contributed by atoms with Crippen LogP contribution in [-0.2, 0) is 32.6 Å². The van der Waals surface area contributed by atoms with Crippen LogP contribution >= 0.6 is 23.2 Å². The molecule has 2 amide bonds. The van der Waals surface area contributed by atoms with Crippen LogP contribution in [0.15, 0.2) is 102 Å². The highest BCUT2D eigenvalue weighted by Gasteiger charge is 2.35. The van der Waals surface area contributed by atoms with Crippen molar-refractivity contribution in [1.29, 1.82) is 0 Å². The molecule has 0 aliphatic carbocycles. The molecule has 1 atom stereocenters. The maximum atomic E-state index is 14.6. The van der Waals surface area contributed by atoms with Crippen LogP contribution < -0.4 is 19.1 Å². The van der Waals surface area contributed by atoms with E-state index in [1.165, 1.54) is 61.6 Å². The van der Waals surface area contributed by atoms with Crippen molar-refractivity contribution in [3.8, 4) is 11.5 Å². The van der Waals surface area contributed by atoms with Gasteiger partial charge in [0.1, 0.15) is 12.6 Å².